The number of nitrogens with zero attached hydrogens (tertiary/aromatic N) is 1. The van der Waals surface area contributed by atoms with Crippen LogP contribution in [0.1, 0.15) is 52.9 Å². The Morgan fingerprint density at radius 2 is 1.71 bits per heavy atom. The molecule has 14 heavy (non-hydrogen) atoms. The maximum absolute atomic E-state index is 11.0. The van der Waals surface area contributed by atoms with Crippen LogP contribution in [-0.2, 0) is 4.79 Å². The minimum absolute atomic E-state index is 0.0855. The fourth-order valence-electron chi connectivity index (χ4n) is 0.904. The normalized spacial score (nSPS) is 8.79. The molecule has 0 N–H and O–H groups in total. The van der Waals surface area contributed by atoms with Crippen molar-refractivity contribution in [2.75, 3.05) is 6.54 Å². The van der Waals surface area contributed by atoms with Crippen molar-refractivity contribution in [2.24, 2.45) is 0 Å². The highest BCUT2D eigenvalue weighted by molar-refractivity contribution is 5.78. The molecule has 4 heteroatoms. The number of carbonyl (C=O) groups excluding carboxylic acids is 1. The van der Waals surface area contributed by atoms with Crippen LogP contribution in [0.25, 0.3) is 0 Å². The minimum atomic E-state index is -0.382. The van der Waals surface area contributed by atoms with Crippen molar-refractivity contribution < 1.29 is 9.72 Å². The Morgan fingerprint density at radius 1 is 1.21 bits per heavy atom. The van der Waals surface area contributed by atoms with Gasteiger partial charge in [-0.1, -0.05) is 27.2 Å². The van der Waals surface area contributed by atoms with E-state index < -0.39 is 0 Å². The van der Waals surface area contributed by atoms with Crippen LogP contribution in [0.2, 0.25) is 0 Å². The van der Waals surface area contributed by atoms with Crippen LogP contribution >= 0.6 is 0 Å². The summed E-state index contributed by atoms with van der Waals surface area (Å²) in [5.41, 5.74) is 0. The lowest BCUT2D eigenvalue weighted by Gasteiger charge is -1.96. The van der Waals surface area contributed by atoms with Gasteiger partial charge >= 0.3 is 0 Å². The van der Waals surface area contributed by atoms with Crippen LogP contribution in [-0.4, -0.2) is 17.3 Å². The predicted molar refractivity (Wildman–Crippen MR) is 57.0 cm³/mol. The van der Waals surface area contributed by atoms with Gasteiger partial charge in [0.05, 0.1) is 0 Å². The number of carbonyl (C=O) groups is 1. The number of Topliss-reactive ketones (excluding diaryl/α,β-unsaturated/α-hetero) is 1. The summed E-state index contributed by atoms with van der Waals surface area (Å²) in [5.74, 6) is 0.152. The Balaban J connectivity index is 0. The van der Waals surface area contributed by atoms with E-state index in [9.17, 15) is 14.9 Å². The van der Waals surface area contributed by atoms with Crippen molar-refractivity contribution in [2.45, 2.75) is 52.9 Å². The van der Waals surface area contributed by atoms with Crippen molar-refractivity contribution in [3.8, 4) is 0 Å². The lowest BCUT2D eigenvalue weighted by Crippen LogP contribution is -2.04. The highest BCUT2D eigenvalue weighted by atomic mass is 16.6. The third kappa shape index (κ3) is 13.6. The predicted octanol–water partition coefficient (Wildman–Crippen LogP) is 2.83. The van der Waals surface area contributed by atoms with Crippen molar-refractivity contribution in [1.29, 1.82) is 0 Å². The molecular weight excluding hydrogens is 182 g/mol. The molecule has 84 valence electrons. The Labute approximate surface area is 85.8 Å². The van der Waals surface area contributed by atoms with Gasteiger partial charge in [-0.05, 0) is 6.42 Å². The first-order chi connectivity index (χ1) is 6.66. The second-order valence-corrected chi connectivity index (χ2v) is 2.80. The van der Waals surface area contributed by atoms with E-state index in [-0.39, 0.29) is 17.3 Å². The molecule has 0 aliphatic heterocycles. The SMILES string of the molecule is CC.CCCCC(=O)CCC[N+](=O)[O-]. The zero-order chi connectivity index (χ0) is 11.4. The molecular formula is C10H21NO3. The molecule has 0 amide bonds. The van der Waals surface area contributed by atoms with E-state index in [0.717, 1.165) is 12.8 Å². The Kier molecular flexibility index (Phi) is 13.4. The quantitative estimate of drug-likeness (QED) is 0.472. The average molecular weight is 203 g/mol. The molecule has 0 atom stereocenters. The summed E-state index contributed by atoms with van der Waals surface area (Å²) in [7, 11) is 0. The number of ketones is 1. The second kappa shape index (κ2) is 12.1. The Morgan fingerprint density at radius 3 is 2.14 bits per heavy atom. The third-order valence-corrected chi connectivity index (χ3v) is 1.61. The van der Waals surface area contributed by atoms with E-state index in [4.69, 9.17) is 0 Å². The molecule has 0 radical (unpaired) electrons. The summed E-state index contributed by atoms with van der Waals surface area (Å²) in [4.78, 5) is 20.5. The van der Waals surface area contributed by atoms with Gasteiger partial charge in [-0.3, -0.25) is 14.9 Å². The Bertz CT molecular complexity index is 157. The number of hydrogen-bond acceptors (Lipinski definition) is 3. The fourth-order valence-corrected chi connectivity index (χ4v) is 0.904. The van der Waals surface area contributed by atoms with Crippen LogP contribution in [0.5, 0.6) is 0 Å². The second-order valence-electron chi connectivity index (χ2n) is 2.80. The van der Waals surface area contributed by atoms with Crippen molar-refractivity contribution >= 4 is 5.78 Å². The van der Waals surface area contributed by atoms with Gasteiger partial charge in [-0.25, -0.2) is 0 Å². The highest BCUT2D eigenvalue weighted by Gasteiger charge is 2.03. The summed E-state index contributed by atoms with van der Waals surface area (Å²) in [5, 5.41) is 9.89. The van der Waals surface area contributed by atoms with Gasteiger partial charge in [0.15, 0.2) is 0 Å². The molecule has 0 fully saturated rings. The first-order valence-corrected chi connectivity index (χ1v) is 5.30. The first-order valence-electron chi connectivity index (χ1n) is 5.30. The molecule has 0 aliphatic carbocycles. The molecule has 0 aromatic rings. The molecule has 0 saturated heterocycles. The maximum Gasteiger partial charge on any atom is 0.204 e. The Hall–Kier alpha value is -0.930. The topological polar surface area (TPSA) is 60.2 Å². The molecule has 0 aromatic heterocycles. The van der Waals surface area contributed by atoms with Crippen LogP contribution in [0.4, 0.5) is 0 Å². The zero-order valence-electron chi connectivity index (χ0n) is 9.41. The first kappa shape index (κ1) is 15.5. The van der Waals surface area contributed by atoms with E-state index in [1.807, 2.05) is 20.8 Å². The number of nitro groups is 1. The maximum atomic E-state index is 11.0. The van der Waals surface area contributed by atoms with Gasteiger partial charge in [-0.2, -0.15) is 0 Å². The van der Waals surface area contributed by atoms with E-state index in [0.29, 0.717) is 19.3 Å². The van der Waals surface area contributed by atoms with Crippen molar-refractivity contribution in [3.05, 3.63) is 10.1 Å². The van der Waals surface area contributed by atoms with E-state index in [1.54, 1.807) is 0 Å². The van der Waals surface area contributed by atoms with E-state index >= 15 is 0 Å². The molecule has 0 saturated carbocycles. The van der Waals surface area contributed by atoms with Crippen LogP contribution in [0, 0.1) is 10.1 Å². The largest absolute Gasteiger partial charge is 0.300 e. The molecule has 0 heterocycles. The van der Waals surface area contributed by atoms with Gasteiger partial charge in [0.2, 0.25) is 6.54 Å². The summed E-state index contributed by atoms with van der Waals surface area (Å²) in [6.45, 7) is 5.93. The highest BCUT2D eigenvalue weighted by Crippen LogP contribution is 2.00. The monoisotopic (exact) mass is 203 g/mol. The minimum Gasteiger partial charge on any atom is -0.300 e. The smallest absolute Gasteiger partial charge is 0.204 e. The summed E-state index contributed by atoms with van der Waals surface area (Å²) in [6.07, 6.45) is 3.23. The van der Waals surface area contributed by atoms with Crippen molar-refractivity contribution in [1.82, 2.24) is 0 Å². The zero-order valence-corrected chi connectivity index (χ0v) is 9.41. The fraction of sp³-hybridized carbons (Fsp3) is 0.900. The summed E-state index contributed by atoms with van der Waals surface area (Å²) in [6, 6.07) is 0. The van der Waals surface area contributed by atoms with Gasteiger partial charge < -0.3 is 0 Å². The van der Waals surface area contributed by atoms with Crippen molar-refractivity contribution in [3.63, 3.8) is 0 Å². The van der Waals surface area contributed by atoms with Gasteiger partial charge in [-0.15, -0.1) is 0 Å². The van der Waals surface area contributed by atoms with Crippen LogP contribution in [0.3, 0.4) is 0 Å². The molecule has 4 nitrogen and oxygen atoms in total. The molecule has 0 bridgehead atoms. The van der Waals surface area contributed by atoms with E-state index in [1.165, 1.54) is 0 Å². The van der Waals surface area contributed by atoms with Gasteiger partial charge in [0.1, 0.15) is 5.78 Å². The lowest BCUT2D eigenvalue weighted by atomic mass is 10.1. The van der Waals surface area contributed by atoms with Gasteiger partial charge in [0, 0.05) is 24.2 Å². The van der Waals surface area contributed by atoms with E-state index in [2.05, 4.69) is 0 Å². The molecule has 0 rings (SSSR count). The molecule has 0 spiro atoms. The van der Waals surface area contributed by atoms with Crippen LogP contribution in [0.15, 0.2) is 0 Å². The van der Waals surface area contributed by atoms with Gasteiger partial charge in [0.25, 0.3) is 0 Å². The lowest BCUT2D eigenvalue weighted by molar-refractivity contribution is -0.480. The third-order valence-electron chi connectivity index (χ3n) is 1.61. The number of hydrogen-bond donors (Lipinski definition) is 0. The molecule has 0 aromatic carbocycles. The number of rotatable bonds is 7. The molecule has 0 aliphatic rings. The number of unbranched alkanes of at least 4 members (excludes halogenated alkanes) is 1. The average Bonchev–Trinajstić information content (AvgIpc) is 2.17. The standard InChI is InChI=1S/C8H15NO3.C2H6/c1-2-3-5-8(10)6-4-7-9(11)12;1-2/h2-7H2,1H3;1-2H3. The van der Waals surface area contributed by atoms with Crippen LogP contribution < -0.4 is 0 Å². The summed E-state index contributed by atoms with van der Waals surface area (Å²) >= 11 is 0. The summed E-state index contributed by atoms with van der Waals surface area (Å²) < 4.78 is 0. The molecule has 0 unspecified atom stereocenters.